The number of carbonyl (C=O) groups is 2. The maximum absolute atomic E-state index is 12.7. The number of carbonyl (C=O) groups excluding carboxylic acids is 2. The Labute approximate surface area is 184 Å². The van der Waals surface area contributed by atoms with Crippen LogP contribution < -0.4 is 25.2 Å². The molecule has 0 spiro atoms. The standard InChI is InChI=1S/C22H19N3O6S/c23-21(26)17-3-1-2-4-18(17)24-22(27)14-5-7-15(8-6-14)25-32(28,29)16-9-10-19-20(13-16)31-12-11-30-19/h1-10,13,25H,11-12H2,(H2,23,26)(H,24,27). The summed E-state index contributed by atoms with van der Waals surface area (Å²) in [5.41, 5.74) is 6.34. The second kappa shape index (κ2) is 8.60. The average Bonchev–Trinajstić information content (AvgIpc) is 2.79. The topological polar surface area (TPSA) is 137 Å². The molecule has 3 aromatic carbocycles. The first-order valence-corrected chi connectivity index (χ1v) is 11.0. The van der Waals surface area contributed by atoms with Crippen LogP contribution in [0.5, 0.6) is 11.5 Å². The van der Waals surface area contributed by atoms with Gasteiger partial charge in [0.2, 0.25) is 0 Å². The van der Waals surface area contributed by atoms with Gasteiger partial charge in [0.05, 0.1) is 16.1 Å². The number of nitrogens with two attached hydrogens (primary N) is 1. The largest absolute Gasteiger partial charge is 0.486 e. The van der Waals surface area contributed by atoms with E-state index < -0.39 is 21.8 Å². The van der Waals surface area contributed by atoms with Gasteiger partial charge in [0.25, 0.3) is 21.8 Å². The van der Waals surface area contributed by atoms with Crippen LogP contribution in [0, 0.1) is 0 Å². The van der Waals surface area contributed by atoms with E-state index in [0.717, 1.165) is 0 Å². The fraction of sp³-hybridized carbons (Fsp3) is 0.0909. The maximum Gasteiger partial charge on any atom is 0.262 e. The fourth-order valence-electron chi connectivity index (χ4n) is 3.10. The van der Waals surface area contributed by atoms with Gasteiger partial charge in [0, 0.05) is 17.3 Å². The minimum Gasteiger partial charge on any atom is -0.486 e. The number of sulfonamides is 1. The molecule has 0 saturated carbocycles. The summed E-state index contributed by atoms with van der Waals surface area (Å²) in [5, 5.41) is 2.63. The van der Waals surface area contributed by atoms with E-state index in [1.165, 1.54) is 42.5 Å². The monoisotopic (exact) mass is 453 g/mol. The molecule has 9 nitrogen and oxygen atoms in total. The van der Waals surface area contributed by atoms with E-state index in [4.69, 9.17) is 15.2 Å². The fourth-order valence-corrected chi connectivity index (χ4v) is 4.17. The molecule has 0 fully saturated rings. The predicted molar refractivity (Wildman–Crippen MR) is 118 cm³/mol. The first-order valence-electron chi connectivity index (χ1n) is 9.56. The number of hydrogen-bond acceptors (Lipinski definition) is 6. The molecule has 0 aromatic heterocycles. The molecule has 0 unspecified atom stereocenters. The summed E-state index contributed by atoms with van der Waals surface area (Å²) in [4.78, 5) is 24.0. The van der Waals surface area contributed by atoms with Crippen molar-refractivity contribution >= 4 is 33.2 Å². The molecular formula is C22H19N3O6S. The highest BCUT2D eigenvalue weighted by molar-refractivity contribution is 7.92. The summed E-state index contributed by atoms with van der Waals surface area (Å²) in [6.45, 7) is 0.753. The minimum atomic E-state index is -3.88. The summed E-state index contributed by atoms with van der Waals surface area (Å²) in [5.74, 6) is -0.282. The third kappa shape index (κ3) is 4.49. The van der Waals surface area contributed by atoms with E-state index in [1.807, 2.05) is 0 Å². The number of benzene rings is 3. The van der Waals surface area contributed by atoms with Crippen LogP contribution in [0.25, 0.3) is 0 Å². The van der Waals surface area contributed by atoms with Gasteiger partial charge in [-0.2, -0.15) is 0 Å². The van der Waals surface area contributed by atoms with Gasteiger partial charge in [-0.1, -0.05) is 12.1 Å². The molecule has 2 amide bonds. The number of para-hydroxylation sites is 1. The number of ether oxygens (including phenoxy) is 2. The van der Waals surface area contributed by atoms with Crippen LogP contribution in [0.15, 0.2) is 71.6 Å². The third-order valence-corrected chi connectivity index (χ3v) is 6.04. The van der Waals surface area contributed by atoms with Crippen molar-refractivity contribution in [1.29, 1.82) is 0 Å². The second-order valence-corrected chi connectivity index (χ2v) is 8.53. The second-order valence-electron chi connectivity index (χ2n) is 6.85. The lowest BCUT2D eigenvalue weighted by Gasteiger charge is -2.19. The van der Waals surface area contributed by atoms with Crippen molar-refractivity contribution in [3.63, 3.8) is 0 Å². The van der Waals surface area contributed by atoms with Crippen LogP contribution in [0.3, 0.4) is 0 Å². The Morgan fingerprint density at radius 3 is 2.28 bits per heavy atom. The number of fused-ring (bicyclic) bond motifs is 1. The van der Waals surface area contributed by atoms with Gasteiger partial charge >= 0.3 is 0 Å². The number of rotatable bonds is 6. The highest BCUT2D eigenvalue weighted by atomic mass is 32.2. The first kappa shape index (κ1) is 21.2. The SMILES string of the molecule is NC(=O)c1ccccc1NC(=O)c1ccc(NS(=O)(=O)c2ccc3c(c2)OCCO3)cc1. The van der Waals surface area contributed by atoms with Crippen molar-refractivity contribution in [2.45, 2.75) is 4.90 Å². The van der Waals surface area contributed by atoms with Crippen LogP contribution in [-0.2, 0) is 10.0 Å². The molecule has 164 valence electrons. The lowest BCUT2D eigenvalue weighted by Crippen LogP contribution is -2.18. The Morgan fingerprint density at radius 1 is 0.875 bits per heavy atom. The van der Waals surface area contributed by atoms with E-state index >= 15 is 0 Å². The Hall–Kier alpha value is -4.05. The van der Waals surface area contributed by atoms with Gasteiger partial charge in [-0.3, -0.25) is 14.3 Å². The lowest BCUT2D eigenvalue weighted by molar-refractivity contribution is 0.100. The molecule has 0 atom stereocenters. The molecule has 0 radical (unpaired) electrons. The average molecular weight is 453 g/mol. The quantitative estimate of drug-likeness (QED) is 0.525. The van der Waals surface area contributed by atoms with E-state index in [2.05, 4.69) is 10.0 Å². The van der Waals surface area contributed by atoms with E-state index in [-0.39, 0.29) is 27.4 Å². The molecule has 1 aliphatic rings. The Morgan fingerprint density at radius 2 is 1.56 bits per heavy atom. The van der Waals surface area contributed by atoms with Crippen molar-refractivity contribution in [2.75, 3.05) is 23.3 Å². The van der Waals surface area contributed by atoms with Crippen LogP contribution >= 0.6 is 0 Å². The van der Waals surface area contributed by atoms with Crippen LogP contribution in [0.4, 0.5) is 11.4 Å². The number of hydrogen-bond donors (Lipinski definition) is 3. The van der Waals surface area contributed by atoms with Gasteiger partial charge in [-0.25, -0.2) is 8.42 Å². The Kier molecular flexibility index (Phi) is 5.69. The number of amides is 2. The molecule has 32 heavy (non-hydrogen) atoms. The highest BCUT2D eigenvalue weighted by Gasteiger charge is 2.20. The normalized spacial score (nSPS) is 12.6. The molecule has 0 aliphatic carbocycles. The van der Waals surface area contributed by atoms with Gasteiger partial charge in [-0.15, -0.1) is 0 Å². The number of nitrogens with one attached hydrogen (secondary N) is 2. The molecular weight excluding hydrogens is 434 g/mol. The zero-order valence-electron chi connectivity index (χ0n) is 16.7. The van der Waals surface area contributed by atoms with Gasteiger partial charge in [0.15, 0.2) is 11.5 Å². The van der Waals surface area contributed by atoms with E-state index in [9.17, 15) is 18.0 Å². The van der Waals surface area contributed by atoms with Gasteiger partial charge in [0.1, 0.15) is 13.2 Å². The molecule has 4 rings (SSSR count). The minimum absolute atomic E-state index is 0.0200. The summed E-state index contributed by atoms with van der Waals surface area (Å²) < 4.78 is 38.7. The van der Waals surface area contributed by atoms with Crippen LogP contribution in [0.1, 0.15) is 20.7 Å². The smallest absolute Gasteiger partial charge is 0.262 e. The Bertz CT molecular complexity index is 1290. The lowest BCUT2D eigenvalue weighted by atomic mass is 10.1. The first-order chi connectivity index (χ1) is 15.3. The van der Waals surface area contributed by atoms with Crippen LogP contribution in [-0.4, -0.2) is 33.4 Å². The maximum atomic E-state index is 12.7. The molecule has 4 N–H and O–H groups in total. The summed E-state index contributed by atoms with van der Waals surface area (Å²) >= 11 is 0. The molecule has 1 heterocycles. The number of primary amides is 1. The molecule has 1 aliphatic heterocycles. The van der Waals surface area contributed by atoms with Crippen molar-refractivity contribution in [3.05, 3.63) is 77.9 Å². The van der Waals surface area contributed by atoms with Crippen molar-refractivity contribution < 1.29 is 27.5 Å². The molecule has 0 bridgehead atoms. The molecule has 0 saturated heterocycles. The molecule has 10 heteroatoms. The van der Waals surface area contributed by atoms with Crippen molar-refractivity contribution in [1.82, 2.24) is 0 Å². The highest BCUT2D eigenvalue weighted by Crippen LogP contribution is 2.32. The zero-order chi connectivity index (χ0) is 22.7. The van der Waals surface area contributed by atoms with E-state index in [0.29, 0.717) is 24.7 Å². The van der Waals surface area contributed by atoms with Gasteiger partial charge < -0.3 is 20.5 Å². The predicted octanol–water partition coefficient (Wildman–Crippen LogP) is 2.61. The van der Waals surface area contributed by atoms with Gasteiger partial charge in [-0.05, 0) is 48.5 Å². The van der Waals surface area contributed by atoms with Crippen LogP contribution in [0.2, 0.25) is 0 Å². The van der Waals surface area contributed by atoms with E-state index in [1.54, 1.807) is 24.3 Å². The third-order valence-electron chi connectivity index (χ3n) is 4.66. The molecule has 3 aromatic rings. The summed E-state index contributed by atoms with van der Waals surface area (Å²) in [6.07, 6.45) is 0. The van der Waals surface area contributed by atoms with Crippen molar-refractivity contribution in [2.24, 2.45) is 5.73 Å². The number of anilines is 2. The Balaban J connectivity index is 1.48. The zero-order valence-corrected chi connectivity index (χ0v) is 17.5. The summed E-state index contributed by atoms with van der Waals surface area (Å²) in [7, 11) is -3.88. The summed E-state index contributed by atoms with van der Waals surface area (Å²) in [6, 6.07) is 16.6. The van der Waals surface area contributed by atoms with Crippen molar-refractivity contribution in [3.8, 4) is 11.5 Å².